The Labute approximate surface area is 132 Å². The number of nitrogens with one attached hydrogen (secondary N) is 1. The summed E-state index contributed by atoms with van der Waals surface area (Å²) < 4.78 is 10.4. The molecule has 1 atom stereocenters. The molecule has 0 bridgehead atoms. The average Bonchev–Trinajstić information content (AvgIpc) is 2.88. The number of benzene rings is 1. The first-order chi connectivity index (χ1) is 10.5. The van der Waals surface area contributed by atoms with Crippen molar-refractivity contribution in [3.8, 4) is 0 Å². The number of ether oxygens (including phenoxy) is 2. The van der Waals surface area contributed by atoms with Gasteiger partial charge in [0.25, 0.3) is 0 Å². The van der Waals surface area contributed by atoms with Gasteiger partial charge in [0.1, 0.15) is 4.88 Å². The van der Waals surface area contributed by atoms with Gasteiger partial charge in [0.05, 0.1) is 25.5 Å². The monoisotopic (exact) mass is 322 g/mol. The molecule has 2 aromatic rings. The van der Waals surface area contributed by atoms with E-state index >= 15 is 0 Å². The summed E-state index contributed by atoms with van der Waals surface area (Å²) in [6.45, 7) is 2.36. The Bertz CT molecular complexity index is 709. The molecule has 0 fully saturated rings. The Balaban J connectivity index is 2.56. The molecule has 2 rings (SSSR count). The first-order valence-corrected chi connectivity index (χ1v) is 7.52. The van der Waals surface area contributed by atoms with E-state index in [9.17, 15) is 9.59 Å². The zero-order chi connectivity index (χ0) is 16.3. The van der Waals surface area contributed by atoms with Gasteiger partial charge in [-0.15, -0.1) is 11.3 Å². The molecule has 22 heavy (non-hydrogen) atoms. The fourth-order valence-corrected chi connectivity index (χ4v) is 3.10. The normalized spacial score (nSPS) is 12.0. The maximum Gasteiger partial charge on any atom is 0.350 e. The van der Waals surface area contributed by atoms with Crippen LogP contribution in [0.15, 0.2) is 18.2 Å². The number of esters is 2. The van der Waals surface area contributed by atoms with Gasteiger partial charge in [-0.05, 0) is 25.1 Å². The van der Waals surface area contributed by atoms with Crippen molar-refractivity contribution in [2.24, 2.45) is 5.73 Å². The van der Waals surface area contributed by atoms with Gasteiger partial charge in [0.15, 0.2) is 0 Å². The quantitative estimate of drug-likeness (QED) is 0.820. The molecule has 0 saturated heterocycles. The zero-order valence-electron chi connectivity index (χ0n) is 12.6. The topological polar surface area (TPSA) is 90.7 Å². The van der Waals surface area contributed by atoms with Gasteiger partial charge in [-0.25, -0.2) is 9.59 Å². The summed E-state index contributed by atoms with van der Waals surface area (Å²) in [6.07, 6.45) is 0. The van der Waals surface area contributed by atoms with Crippen molar-refractivity contribution in [2.75, 3.05) is 26.1 Å². The summed E-state index contributed by atoms with van der Waals surface area (Å²) in [5.41, 5.74) is 6.82. The van der Waals surface area contributed by atoms with Crippen molar-refractivity contribution in [3.63, 3.8) is 0 Å². The molecule has 1 unspecified atom stereocenters. The highest BCUT2D eigenvalue weighted by molar-refractivity contribution is 7.21. The smallest absolute Gasteiger partial charge is 0.350 e. The number of hydrogen-bond donors (Lipinski definition) is 2. The highest BCUT2D eigenvalue weighted by Gasteiger charge is 2.20. The standard InChI is InChI=1S/C15H18N2O4S/c1-8(16)7-17-12-10-6-9(14(18)20-2)4-5-11(10)22-13(12)15(19)21-3/h4-6,8,17H,7,16H2,1-3H3. The molecule has 0 spiro atoms. The molecule has 7 heteroatoms. The van der Waals surface area contributed by atoms with Crippen molar-refractivity contribution in [3.05, 3.63) is 28.6 Å². The maximum absolute atomic E-state index is 11.9. The maximum atomic E-state index is 11.9. The Morgan fingerprint density at radius 1 is 1.27 bits per heavy atom. The number of carbonyl (C=O) groups excluding carboxylic acids is 2. The van der Waals surface area contributed by atoms with Crippen LogP contribution in [0.2, 0.25) is 0 Å². The summed E-state index contributed by atoms with van der Waals surface area (Å²) in [5, 5.41) is 3.94. The van der Waals surface area contributed by atoms with Crippen LogP contribution >= 0.6 is 11.3 Å². The predicted molar refractivity (Wildman–Crippen MR) is 86.6 cm³/mol. The molecule has 0 radical (unpaired) electrons. The lowest BCUT2D eigenvalue weighted by Gasteiger charge is -2.10. The van der Waals surface area contributed by atoms with Crippen molar-refractivity contribution in [1.82, 2.24) is 0 Å². The van der Waals surface area contributed by atoms with E-state index in [4.69, 9.17) is 15.2 Å². The second-order valence-electron chi connectivity index (χ2n) is 4.86. The molecule has 6 nitrogen and oxygen atoms in total. The number of methoxy groups -OCH3 is 2. The first kappa shape index (κ1) is 16.3. The molecular formula is C15H18N2O4S. The minimum Gasteiger partial charge on any atom is -0.465 e. The van der Waals surface area contributed by atoms with Crippen molar-refractivity contribution >= 4 is 39.0 Å². The largest absolute Gasteiger partial charge is 0.465 e. The SMILES string of the molecule is COC(=O)c1ccc2sc(C(=O)OC)c(NCC(C)N)c2c1. The first-order valence-electron chi connectivity index (χ1n) is 6.70. The summed E-state index contributed by atoms with van der Waals surface area (Å²) in [7, 11) is 2.66. The van der Waals surface area contributed by atoms with Crippen LogP contribution in [0.1, 0.15) is 27.0 Å². The molecule has 1 heterocycles. The van der Waals surface area contributed by atoms with Crippen LogP contribution < -0.4 is 11.1 Å². The van der Waals surface area contributed by atoms with E-state index in [1.165, 1.54) is 25.6 Å². The fraction of sp³-hybridized carbons (Fsp3) is 0.333. The zero-order valence-corrected chi connectivity index (χ0v) is 13.5. The summed E-state index contributed by atoms with van der Waals surface area (Å²) in [5.74, 6) is -0.848. The van der Waals surface area contributed by atoms with E-state index in [1.807, 2.05) is 6.92 Å². The lowest BCUT2D eigenvalue weighted by Crippen LogP contribution is -2.25. The molecule has 1 aromatic heterocycles. The highest BCUT2D eigenvalue weighted by Crippen LogP contribution is 2.37. The lowest BCUT2D eigenvalue weighted by molar-refractivity contribution is 0.0595. The molecule has 118 valence electrons. The van der Waals surface area contributed by atoms with Crippen LogP contribution in [0, 0.1) is 0 Å². The van der Waals surface area contributed by atoms with Gasteiger partial charge in [0.2, 0.25) is 0 Å². The summed E-state index contributed by atoms with van der Waals surface area (Å²) in [6, 6.07) is 5.08. The Hall–Kier alpha value is -2.12. The number of fused-ring (bicyclic) bond motifs is 1. The lowest BCUT2D eigenvalue weighted by atomic mass is 10.1. The van der Waals surface area contributed by atoms with Crippen LogP contribution in [0.4, 0.5) is 5.69 Å². The van der Waals surface area contributed by atoms with Crippen LogP contribution in [0.25, 0.3) is 10.1 Å². The molecule has 0 amide bonds. The predicted octanol–water partition coefficient (Wildman–Crippen LogP) is 2.23. The van der Waals surface area contributed by atoms with Crippen LogP contribution in [0.5, 0.6) is 0 Å². The van der Waals surface area contributed by atoms with E-state index in [0.717, 1.165) is 10.1 Å². The molecule has 0 aliphatic heterocycles. The van der Waals surface area contributed by atoms with Crippen LogP contribution in [-0.4, -0.2) is 38.7 Å². The molecule has 0 saturated carbocycles. The van der Waals surface area contributed by atoms with Gasteiger partial charge in [-0.1, -0.05) is 0 Å². The third-order valence-corrected chi connectivity index (χ3v) is 4.23. The second kappa shape index (κ2) is 6.76. The van der Waals surface area contributed by atoms with E-state index in [0.29, 0.717) is 22.7 Å². The van der Waals surface area contributed by atoms with Crippen molar-refractivity contribution < 1.29 is 19.1 Å². The summed E-state index contributed by atoms with van der Waals surface area (Å²) >= 11 is 1.31. The number of anilines is 1. The van der Waals surface area contributed by atoms with E-state index in [1.54, 1.807) is 18.2 Å². The second-order valence-corrected chi connectivity index (χ2v) is 5.91. The van der Waals surface area contributed by atoms with Crippen LogP contribution in [0.3, 0.4) is 0 Å². The number of carbonyl (C=O) groups is 2. The fourth-order valence-electron chi connectivity index (χ4n) is 2.02. The average molecular weight is 322 g/mol. The van der Waals surface area contributed by atoms with Crippen molar-refractivity contribution in [2.45, 2.75) is 13.0 Å². The van der Waals surface area contributed by atoms with Gasteiger partial charge in [-0.2, -0.15) is 0 Å². The Kier molecular flexibility index (Phi) is 4.99. The number of nitrogens with two attached hydrogens (primary N) is 1. The minimum absolute atomic E-state index is 0.0794. The summed E-state index contributed by atoms with van der Waals surface area (Å²) in [4.78, 5) is 24.1. The third kappa shape index (κ3) is 3.20. The number of hydrogen-bond acceptors (Lipinski definition) is 7. The Morgan fingerprint density at radius 2 is 1.95 bits per heavy atom. The van der Waals surface area contributed by atoms with E-state index in [-0.39, 0.29) is 6.04 Å². The van der Waals surface area contributed by atoms with Gasteiger partial charge >= 0.3 is 11.9 Å². The minimum atomic E-state index is -0.425. The van der Waals surface area contributed by atoms with Crippen molar-refractivity contribution in [1.29, 1.82) is 0 Å². The molecule has 0 aliphatic rings. The van der Waals surface area contributed by atoms with Gasteiger partial charge < -0.3 is 20.5 Å². The van der Waals surface area contributed by atoms with Gasteiger partial charge in [-0.3, -0.25) is 0 Å². The Morgan fingerprint density at radius 3 is 2.55 bits per heavy atom. The van der Waals surface area contributed by atoms with Crippen LogP contribution in [-0.2, 0) is 9.47 Å². The third-order valence-electron chi connectivity index (χ3n) is 3.08. The van der Waals surface area contributed by atoms with E-state index in [2.05, 4.69) is 5.32 Å². The molecule has 3 N–H and O–H groups in total. The molecule has 1 aromatic carbocycles. The number of thiophene rings is 1. The molecule has 0 aliphatic carbocycles. The van der Waals surface area contributed by atoms with Gasteiger partial charge in [0, 0.05) is 22.7 Å². The number of rotatable bonds is 5. The highest BCUT2D eigenvalue weighted by atomic mass is 32.1. The van der Waals surface area contributed by atoms with E-state index < -0.39 is 11.9 Å². The molecular weight excluding hydrogens is 304 g/mol.